The second kappa shape index (κ2) is 6.07. The molecule has 0 saturated heterocycles. The van der Waals surface area contributed by atoms with Gasteiger partial charge in [0.2, 0.25) is 5.95 Å². The third kappa shape index (κ3) is 3.37. The number of nitrogens with one attached hydrogen (secondary N) is 2. The van der Waals surface area contributed by atoms with Crippen LogP contribution in [-0.2, 0) is 0 Å². The fraction of sp³-hybridized carbons (Fsp3) is 0.154. The number of nitrogens with zero attached hydrogens (tertiary/aromatic N) is 2. The van der Waals surface area contributed by atoms with Gasteiger partial charge in [-0.1, -0.05) is 29.3 Å². The number of rotatable bonds is 3. The molecule has 0 atom stereocenters. The molecule has 0 radical (unpaired) electrons. The van der Waals surface area contributed by atoms with Crippen LogP contribution in [0.25, 0.3) is 0 Å². The first-order valence-electron chi connectivity index (χ1n) is 5.79. The Labute approximate surface area is 125 Å². The van der Waals surface area contributed by atoms with Crippen LogP contribution in [0.3, 0.4) is 0 Å². The average Bonchev–Trinajstić information content (AvgIpc) is 2.40. The van der Waals surface area contributed by atoms with Crippen LogP contribution in [0.15, 0.2) is 28.1 Å². The van der Waals surface area contributed by atoms with E-state index in [0.29, 0.717) is 21.3 Å². The number of hydrazone groups is 1. The first-order chi connectivity index (χ1) is 9.47. The van der Waals surface area contributed by atoms with Gasteiger partial charge in [0.1, 0.15) is 0 Å². The number of aryl methyl sites for hydroxylation is 1. The lowest BCUT2D eigenvalue weighted by Crippen LogP contribution is -2.15. The van der Waals surface area contributed by atoms with Gasteiger partial charge in [-0.3, -0.25) is 9.78 Å². The number of H-pyrrole nitrogens is 1. The van der Waals surface area contributed by atoms with E-state index in [1.165, 1.54) is 0 Å². The van der Waals surface area contributed by atoms with Crippen LogP contribution in [0.1, 0.15) is 16.8 Å². The lowest BCUT2D eigenvalue weighted by atomic mass is 10.2. The monoisotopic (exact) mass is 310 g/mol. The molecule has 2 aromatic rings. The molecule has 7 heteroatoms. The highest BCUT2D eigenvalue weighted by Gasteiger charge is 2.02. The van der Waals surface area contributed by atoms with Gasteiger partial charge >= 0.3 is 0 Å². The highest BCUT2D eigenvalue weighted by atomic mass is 35.5. The summed E-state index contributed by atoms with van der Waals surface area (Å²) >= 11 is 11.7. The quantitative estimate of drug-likeness (QED) is 0.676. The average molecular weight is 311 g/mol. The van der Waals surface area contributed by atoms with Crippen LogP contribution in [0.5, 0.6) is 0 Å². The second-order valence-electron chi connectivity index (χ2n) is 4.17. The third-order valence-corrected chi connectivity index (χ3v) is 3.46. The van der Waals surface area contributed by atoms with Crippen molar-refractivity contribution < 1.29 is 0 Å². The van der Waals surface area contributed by atoms with E-state index in [-0.39, 0.29) is 11.5 Å². The summed E-state index contributed by atoms with van der Waals surface area (Å²) < 4.78 is 0. The van der Waals surface area contributed by atoms with Gasteiger partial charge in [0.15, 0.2) is 0 Å². The first kappa shape index (κ1) is 14.6. The van der Waals surface area contributed by atoms with Crippen molar-refractivity contribution in [1.82, 2.24) is 9.97 Å². The predicted octanol–water partition coefficient (Wildman–Crippen LogP) is 3.14. The number of anilines is 1. The summed E-state index contributed by atoms with van der Waals surface area (Å²) in [6, 6.07) is 5.14. The van der Waals surface area contributed by atoms with Crippen molar-refractivity contribution in [2.75, 3.05) is 5.43 Å². The van der Waals surface area contributed by atoms with Gasteiger partial charge in [-0.05, 0) is 31.5 Å². The molecule has 0 amide bonds. The molecule has 2 N–H and O–H groups in total. The van der Waals surface area contributed by atoms with Crippen molar-refractivity contribution in [3.05, 3.63) is 55.4 Å². The summed E-state index contributed by atoms with van der Waals surface area (Å²) in [5.41, 5.74) is 4.49. The van der Waals surface area contributed by atoms with Crippen molar-refractivity contribution in [3.8, 4) is 0 Å². The molecule has 2 rings (SSSR count). The fourth-order valence-corrected chi connectivity index (χ4v) is 1.77. The van der Waals surface area contributed by atoms with Gasteiger partial charge in [0.05, 0.1) is 16.3 Å². The smallest absolute Gasteiger partial charge is 0.255 e. The zero-order valence-electron chi connectivity index (χ0n) is 10.9. The number of benzene rings is 1. The minimum atomic E-state index is -0.190. The molecule has 1 aromatic carbocycles. The summed E-state index contributed by atoms with van der Waals surface area (Å²) in [6.07, 6.45) is 1.55. The van der Waals surface area contributed by atoms with Crippen LogP contribution < -0.4 is 11.0 Å². The third-order valence-electron chi connectivity index (χ3n) is 2.72. The molecule has 104 valence electrons. The van der Waals surface area contributed by atoms with Crippen molar-refractivity contribution >= 4 is 35.4 Å². The van der Waals surface area contributed by atoms with Crippen molar-refractivity contribution in [3.63, 3.8) is 0 Å². The molecule has 1 aromatic heterocycles. The Morgan fingerprint density at radius 1 is 1.30 bits per heavy atom. The maximum absolute atomic E-state index is 11.6. The van der Waals surface area contributed by atoms with Crippen LogP contribution in [-0.4, -0.2) is 16.2 Å². The SMILES string of the molecule is Cc1nc(NN=Cc2ccc(Cl)c(Cl)c2)[nH]c(=O)c1C. The molecular formula is C13H12Cl2N4O. The topological polar surface area (TPSA) is 70.1 Å². The van der Waals surface area contributed by atoms with Gasteiger partial charge in [0.25, 0.3) is 5.56 Å². The fourth-order valence-electron chi connectivity index (χ4n) is 1.46. The van der Waals surface area contributed by atoms with Crippen LogP contribution in [0.4, 0.5) is 5.95 Å². The Kier molecular flexibility index (Phi) is 4.42. The summed E-state index contributed by atoms with van der Waals surface area (Å²) in [5.74, 6) is 0.286. The highest BCUT2D eigenvalue weighted by Crippen LogP contribution is 2.21. The van der Waals surface area contributed by atoms with E-state index in [2.05, 4.69) is 20.5 Å². The van der Waals surface area contributed by atoms with Gasteiger partial charge in [0, 0.05) is 11.3 Å². The first-order valence-corrected chi connectivity index (χ1v) is 6.54. The van der Waals surface area contributed by atoms with Crippen molar-refractivity contribution in [1.29, 1.82) is 0 Å². The number of hydrogen-bond donors (Lipinski definition) is 2. The molecule has 0 spiro atoms. The van der Waals surface area contributed by atoms with Crippen LogP contribution in [0.2, 0.25) is 10.0 Å². The minimum Gasteiger partial charge on any atom is -0.291 e. The van der Waals surface area contributed by atoms with Crippen LogP contribution >= 0.6 is 23.2 Å². The lowest BCUT2D eigenvalue weighted by Gasteiger charge is -2.02. The maximum atomic E-state index is 11.6. The standard InChI is InChI=1S/C13H12Cl2N4O/c1-7-8(2)17-13(18-12(7)20)19-16-6-9-3-4-10(14)11(15)5-9/h3-6H,1-2H3,(H2,17,18,19,20). The molecule has 5 nitrogen and oxygen atoms in total. The molecule has 0 aliphatic rings. The van der Waals surface area contributed by atoms with E-state index >= 15 is 0 Å². The van der Waals surface area contributed by atoms with Gasteiger partial charge in [-0.2, -0.15) is 5.10 Å². The van der Waals surface area contributed by atoms with Crippen molar-refractivity contribution in [2.24, 2.45) is 5.10 Å². The number of aromatic nitrogens is 2. The predicted molar refractivity (Wildman–Crippen MR) is 82.0 cm³/mol. The van der Waals surface area contributed by atoms with E-state index in [1.807, 2.05) is 0 Å². The molecule has 0 aliphatic carbocycles. The Morgan fingerprint density at radius 2 is 2.05 bits per heavy atom. The number of halogens is 2. The Balaban J connectivity index is 2.14. The molecule has 0 bridgehead atoms. The van der Waals surface area contributed by atoms with E-state index in [4.69, 9.17) is 23.2 Å². The van der Waals surface area contributed by atoms with Crippen molar-refractivity contribution in [2.45, 2.75) is 13.8 Å². The molecular weight excluding hydrogens is 299 g/mol. The molecule has 20 heavy (non-hydrogen) atoms. The largest absolute Gasteiger partial charge is 0.291 e. The normalized spacial score (nSPS) is 11.0. The Bertz CT molecular complexity index is 725. The summed E-state index contributed by atoms with van der Waals surface area (Å²) in [4.78, 5) is 18.3. The van der Waals surface area contributed by atoms with Crippen LogP contribution in [0, 0.1) is 13.8 Å². The molecule has 0 saturated carbocycles. The number of hydrogen-bond acceptors (Lipinski definition) is 4. The summed E-state index contributed by atoms with van der Waals surface area (Å²) in [5, 5.41) is 4.92. The second-order valence-corrected chi connectivity index (χ2v) is 4.98. The Hall–Kier alpha value is -1.85. The zero-order valence-corrected chi connectivity index (χ0v) is 12.4. The van der Waals surface area contributed by atoms with Gasteiger partial charge in [-0.25, -0.2) is 10.4 Å². The molecule has 0 unspecified atom stereocenters. The van der Waals surface area contributed by atoms with E-state index < -0.39 is 0 Å². The van der Waals surface area contributed by atoms with Gasteiger partial charge < -0.3 is 0 Å². The lowest BCUT2D eigenvalue weighted by molar-refractivity contribution is 1.01. The highest BCUT2D eigenvalue weighted by molar-refractivity contribution is 6.42. The molecule has 0 aliphatic heterocycles. The van der Waals surface area contributed by atoms with E-state index in [1.54, 1.807) is 38.3 Å². The Morgan fingerprint density at radius 3 is 2.70 bits per heavy atom. The van der Waals surface area contributed by atoms with Gasteiger partial charge in [-0.15, -0.1) is 0 Å². The molecule has 0 fully saturated rings. The maximum Gasteiger partial charge on any atom is 0.255 e. The zero-order chi connectivity index (χ0) is 14.7. The van der Waals surface area contributed by atoms with E-state index in [0.717, 1.165) is 5.56 Å². The summed E-state index contributed by atoms with van der Waals surface area (Å²) in [6.45, 7) is 3.47. The number of aromatic amines is 1. The minimum absolute atomic E-state index is 0.190. The summed E-state index contributed by atoms with van der Waals surface area (Å²) in [7, 11) is 0. The molecule has 1 heterocycles. The van der Waals surface area contributed by atoms with E-state index in [9.17, 15) is 4.79 Å².